The number of aromatic hydroxyl groups is 1. The molecule has 0 spiro atoms. The quantitative estimate of drug-likeness (QED) is 0.635. The van der Waals surface area contributed by atoms with Crippen LogP contribution in [-0.4, -0.2) is 42.8 Å². The Labute approximate surface area is 119 Å². The third-order valence-electron chi connectivity index (χ3n) is 2.09. The molecule has 0 aliphatic heterocycles. The maximum Gasteiger partial charge on any atom is 0.315 e. The number of esters is 2. The molecule has 0 radical (unpaired) electrons. The maximum absolute atomic E-state index is 11.0. The Balaban J connectivity index is 2.65. The van der Waals surface area contributed by atoms with Gasteiger partial charge in [0, 0.05) is 4.90 Å². The first-order chi connectivity index (χ1) is 9.06. The summed E-state index contributed by atoms with van der Waals surface area (Å²) in [7, 11) is 2.64. The van der Waals surface area contributed by atoms with Crippen LogP contribution in [0.15, 0.2) is 28.0 Å². The number of rotatable bonds is 6. The summed E-state index contributed by atoms with van der Waals surface area (Å²) < 4.78 is 9.07. The normalized spacial score (nSPS) is 10.0. The fourth-order valence-corrected chi connectivity index (χ4v) is 2.76. The van der Waals surface area contributed by atoms with Gasteiger partial charge in [0.2, 0.25) is 0 Å². The number of ether oxygens (including phenoxy) is 2. The van der Waals surface area contributed by atoms with Crippen LogP contribution in [0.4, 0.5) is 0 Å². The van der Waals surface area contributed by atoms with Gasteiger partial charge < -0.3 is 14.6 Å². The molecule has 1 N–H and O–H groups in total. The number of hydrogen-bond donors (Lipinski definition) is 1. The SMILES string of the molecule is COC(=O)CSc1ccc(O)c(SCC(=O)OC)c1. The molecule has 1 rings (SSSR count). The molecule has 0 amide bonds. The van der Waals surface area contributed by atoms with Crippen molar-refractivity contribution < 1.29 is 24.2 Å². The number of phenolic OH excluding ortho intramolecular Hbond substituents is 1. The standard InChI is InChI=1S/C12H14O5S2/c1-16-11(14)6-18-8-3-4-9(13)10(5-8)19-7-12(15)17-2/h3-5,13H,6-7H2,1-2H3. The van der Waals surface area contributed by atoms with Crippen LogP contribution < -0.4 is 0 Å². The van der Waals surface area contributed by atoms with Gasteiger partial charge in [-0.25, -0.2) is 0 Å². The Kier molecular flexibility index (Phi) is 6.58. The van der Waals surface area contributed by atoms with E-state index in [-0.39, 0.29) is 29.2 Å². The summed E-state index contributed by atoms with van der Waals surface area (Å²) in [5, 5.41) is 9.67. The number of thioether (sulfide) groups is 2. The highest BCUT2D eigenvalue weighted by Crippen LogP contribution is 2.32. The summed E-state index contributed by atoms with van der Waals surface area (Å²) >= 11 is 2.48. The van der Waals surface area contributed by atoms with Crippen LogP contribution in [0.25, 0.3) is 0 Å². The molecule has 0 heterocycles. The van der Waals surface area contributed by atoms with Gasteiger partial charge in [-0.05, 0) is 18.2 Å². The van der Waals surface area contributed by atoms with Crippen molar-refractivity contribution in [2.45, 2.75) is 9.79 Å². The lowest BCUT2D eigenvalue weighted by Gasteiger charge is -2.06. The molecular formula is C12H14O5S2. The summed E-state index contributed by atoms with van der Waals surface area (Å²) in [6, 6.07) is 4.95. The molecule has 0 saturated carbocycles. The van der Waals surface area contributed by atoms with E-state index in [0.717, 1.165) is 4.90 Å². The van der Waals surface area contributed by atoms with Gasteiger partial charge in [-0.2, -0.15) is 0 Å². The van der Waals surface area contributed by atoms with Gasteiger partial charge in [0.1, 0.15) is 5.75 Å². The second-order valence-electron chi connectivity index (χ2n) is 3.36. The molecule has 0 bridgehead atoms. The minimum Gasteiger partial charge on any atom is -0.507 e. The maximum atomic E-state index is 11.0. The number of methoxy groups -OCH3 is 2. The van der Waals surface area contributed by atoms with Crippen molar-refractivity contribution in [3.63, 3.8) is 0 Å². The van der Waals surface area contributed by atoms with Crippen LogP contribution in [0.2, 0.25) is 0 Å². The highest BCUT2D eigenvalue weighted by atomic mass is 32.2. The Morgan fingerprint density at radius 1 is 1.11 bits per heavy atom. The summed E-state index contributed by atoms with van der Waals surface area (Å²) in [6.45, 7) is 0. The average Bonchev–Trinajstić information content (AvgIpc) is 2.44. The largest absolute Gasteiger partial charge is 0.507 e. The first kappa shape index (κ1) is 15.7. The molecule has 0 aliphatic rings. The van der Waals surface area contributed by atoms with E-state index in [1.54, 1.807) is 12.1 Å². The van der Waals surface area contributed by atoms with Crippen LogP contribution >= 0.6 is 23.5 Å². The number of benzene rings is 1. The predicted molar refractivity (Wildman–Crippen MR) is 73.6 cm³/mol. The second kappa shape index (κ2) is 7.96. The number of hydrogen-bond acceptors (Lipinski definition) is 7. The van der Waals surface area contributed by atoms with E-state index in [1.807, 2.05) is 0 Å². The van der Waals surface area contributed by atoms with Crippen molar-refractivity contribution in [2.75, 3.05) is 25.7 Å². The Bertz CT molecular complexity index is 461. The topological polar surface area (TPSA) is 72.8 Å². The molecule has 0 unspecified atom stereocenters. The monoisotopic (exact) mass is 302 g/mol. The first-order valence-corrected chi connectivity index (χ1v) is 7.26. The van der Waals surface area contributed by atoms with Crippen LogP contribution in [-0.2, 0) is 19.1 Å². The van der Waals surface area contributed by atoms with Gasteiger partial charge in [0.25, 0.3) is 0 Å². The number of carbonyl (C=O) groups excluding carboxylic acids is 2. The Hall–Kier alpha value is -1.34. The van der Waals surface area contributed by atoms with Gasteiger partial charge in [-0.15, -0.1) is 23.5 Å². The van der Waals surface area contributed by atoms with E-state index in [1.165, 1.54) is 43.8 Å². The fraction of sp³-hybridized carbons (Fsp3) is 0.333. The molecule has 1 aromatic carbocycles. The van der Waals surface area contributed by atoms with Crippen molar-refractivity contribution in [2.24, 2.45) is 0 Å². The lowest BCUT2D eigenvalue weighted by atomic mass is 10.3. The summed E-state index contributed by atoms with van der Waals surface area (Å²) in [5.74, 6) is -0.271. The van der Waals surface area contributed by atoms with Crippen molar-refractivity contribution in [1.29, 1.82) is 0 Å². The summed E-state index contributed by atoms with van der Waals surface area (Å²) in [4.78, 5) is 23.5. The Morgan fingerprint density at radius 2 is 1.68 bits per heavy atom. The Morgan fingerprint density at radius 3 is 2.26 bits per heavy atom. The zero-order chi connectivity index (χ0) is 14.3. The highest BCUT2D eigenvalue weighted by Gasteiger charge is 2.09. The molecule has 19 heavy (non-hydrogen) atoms. The van der Waals surface area contributed by atoms with Gasteiger partial charge in [-0.3, -0.25) is 9.59 Å². The minimum atomic E-state index is -0.364. The minimum absolute atomic E-state index is 0.0938. The summed E-state index contributed by atoms with van der Waals surface area (Å²) in [6.07, 6.45) is 0. The van der Waals surface area contributed by atoms with E-state index in [0.29, 0.717) is 4.90 Å². The van der Waals surface area contributed by atoms with Crippen LogP contribution in [0.5, 0.6) is 5.75 Å². The zero-order valence-electron chi connectivity index (χ0n) is 10.5. The van der Waals surface area contributed by atoms with Crippen molar-refractivity contribution in [1.82, 2.24) is 0 Å². The molecule has 0 aliphatic carbocycles. The van der Waals surface area contributed by atoms with E-state index >= 15 is 0 Å². The van der Waals surface area contributed by atoms with Crippen LogP contribution in [0, 0.1) is 0 Å². The van der Waals surface area contributed by atoms with Crippen molar-refractivity contribution in [3.8, 4) is 5.75 Å². The van der Waals surface area contributed by atoms with Crippen molar-refractivity contribution in [3.05, 3.63) is 18.2 Å². The number of phenols is 1. The van der Waals surface area contributed by atoms with Gasteiger partial charge in [0.15, 0.2) is 0 Å². The van der Waals surface area contributed by atoms with Gasteiger partial charge in [-0.1, -0.05) is 0 Å². The smallest absolute Gasteiger partial charge is 0.315 e. The van der Waals surface area contributed by atoms with Crippen molar-refractivity contribution >= 4 is 35.5 Å². The number of carbonyl (C=O) groups is 2. The van der Waals surface area contributed by atoms with E-state index in [9.17, 15) is 14.7 Å². The van der Waals surface area contributed by atoms with Crippen LogP contribution in [0.3, 0.4) is 0 Å². The van der Waals surface area contributed by atoms with Gasteiger partial charge in [0.05, 0.1) is 30.6 Å². The molecule has 5 nitrogen and oxygen atoms in total. The first-order valence-electron chi connectivity index (χ1n) is 5.29. The zero-order valence-corrected chi connectivity index (χ0v) is 12.2. The molecule has 0 atom stereocenters. The van der Waals surface area contributed by atoms with E-state index in [2.05, 4.69) is 9.47 Å². The van der Waals surface area contributed by atoms with Crippen LogP contribution in [0.1, 0.15) is 0 Å². The van der Waals surface area contributed by atoms with E-state index in [4.69, 9.17) is 0 Å². The third kappa shape index (κ3) is 5.44. The summed E-state index contributed by atoms with van der Waals surface area (Å²) in [5.41, 5.74) is 0. The second-order valence-corrected chi connectivity index (χ2v) is 5.43. The molecule has 0 aromatic heterocycles. The van der Waals surface area contributed by atoms with Gasteiger partial charge >= 0.3 is 11.9 Å². The third-order valence-corrected chi connectivity index (χ3v) is 4.07. The lowest BCUT2D eigenvalue weighted by Crippen LogP contribution is -2.03. The lowest BCUT2D eigenvalue weighted by molar-refractivity contribution is -0.138. The fourth-order valence-electron chi connectivity index (χ4n) is 1.10. The molecular weight excluding hydrogens is 288 g/mol. The highest BCUT2D eigenvalue weighted by molar-refractivity contribution is 8.00. The molecule has 0 fully saturated rings. The molecule has 7 heteroatoms. The van der Waals surface area contributed by atoms with E-state index < -0.39 is 0 Å². The predicted octanol–water partition coefficient (Wildman–Crippen LogP) is 1.92. The average molecular weight is 302 g/mol. The molecule has 1 aromatic rings. The molecule has 104 valence electrons. The molecule has 0 saturated heterocycles.